The largest absolute Gasteiger partial charge is 0.424 e. The van der Waals surface area contributed by atoms with E-state index in [1.54, 1.807) is 30.5 Å². The summed E-state index contributed by atoms with van der Waals surface area (Å²) in [4.78, 5) is 22.8. The molecule has 4 N–H and O–H groups in total. The van der Waals surface area contributed by atoms with Gasteiger partial charge in [-0.2, -0.15) is 5.26 Å². The van der Waals surface area contributed by atoms with E-state index in [1.165, 1.54) is 25.7 Å². The molecule has 3 heterocycles. The first kappa shape index (κ1) is 23.5. The number of aromatic nitrogens is 2. The number of benzene rings is 1. The number of pyridine rings is 1. The number of carbonyl (C=O) groups excluding carboxylic acids is 1. The number of fused-ring (bicyclic) bond motifs is 2. The summed E-state index contributed by atoms with van der Waals surface area (Å²) in [5.41, 5.74) is 8.19. The van der Waals surface area contributed by atoms with E-state index in [2.05, 4.69) is 31.6 Å². The van der Waals surface area contributed by atoms with E-state index in [4.69, 9.17) is 15.4 Å². The Morgan fingerprint density at radius 3 is 2.70 bits per heavy atom. The number of hydrogen-bond donors (Lipinski definition) is 3. The highest BCUT2D eigenvalue weighted by molar-refractivity contribution is 5.93. The normalized spacial score (nSPS) is 26.7. The van der Waals surface area contributed by atoms with Crippen molar-refractivity contribution >= 4 is 17.6 Å². The third-order valence-corrected chi connectivity index (χ3v) is 8.12. The van der Waals surface area contributed by atoms with E-state index in [1.807, 2.05) is 18.3 Å². The summed E-state index contributed by atoms with van der Waals surface area (Å²) >= 11 is 0. The number of nitrogens with zero attached hydrogens (tertiary/aromatic N) is 4. The van der Waals surface area contributed by atoms with Gasteiger partial charge in [-0.25, -0.2) is 9.97 Å². The van der Waals surface area contributed by atoms with Crippen LogP contribution in [0.1, 0.15) is 54.6 Å². The predicted molar refractivity (Wildman–Crippen MR) is 140 cm³/mol. The van der Waals surface area contributed by atoms with Crippen LogP contribution >= 0.6 is 0 Å². The fourth-order valence-electron chi connectivity index (χ4n) is 6.36. The molecule has 1 saturated heterocycles. The predicted octanol–water partition coefficient (Wildman–Crippen LogP) is 3.69. The number of nitrogens with two attached hydrogens (primary N) is 1. The number of carbonyl (C=O) groups is 1. The molecule has 0 radical (unpaired) electrons. The van der Waals surface area contributed by atoms with Crippen molar-refractivity contribution in [2.45, 2.75) is 62.7 Å². The Morgan fingerprint density at radius 2 is 1.95 bits per heavy atom. The monoisotopic (exact) mass is 497 g/mol. The highest BCUT2D eigenvalue weighted by atomic mass is 16.4. The van der Waals surface area contributed by atoms with Crippen molar-refractivity contribution in [1.82, 2.24) is 15.3 Å². The van der Waals surface area contributed by atoms with Crippen LogP contribution in [0.3, 0.4) is 0 Å². The fraction of sp³-hybridized carbons (Fsp3) is 0.429. The number of primary amides is 1. The van der Waals surface area contributed by atoms with Crippen LogP contribution in [0, 0.1) is 17.2 Å². The molecule has 1 aliphatic heterocycles. The molecule has 2 saturated carbocycles. The lowest BCUT2D eigenvalue weighted by Gasteiger charge is -2.40. The summed E-state index contributed by atoms with van der Waals surface area (Å²) in [5, 5.41) is 16.6. The van der Waals surface area contributed by atoms with Gasteiger partial charge in [0.05, 0.1) is 18.1 Å². The van der Waals surface area contributed by atoms with Crippen LogP contribution < -0.4 is 21.3 Å². The molecule has 37 heavy (non-hydrogen) atoms. The Balaban J connectivity index is 1.13. The molecule has 9 heteroatoms. The fourth-order valence-corrected chi connectivity index (χ4v) is 6.36. The maximum absolute atomic E-state index is 11.5. The number of hydrogen-bond acceptors (Lipinski definition) is 8. The summed E-state index contributed by atoms with van der Waals surface area (Å²) in [6.07, 6.45) is 10.4. The lowest BCUT2D eigenvalue weighted by Crippen LogP contribution is -2.56. The van der Waals surface area contributed by atoms with Gasteiger partial charge in [0.15, 0.2) is 5.76 Å². The van der Waals surface area contributed by atoms with Crippen LogP contribution in [0.25, 0.3) is 11.3 Å². The quantitative estimate of drug-likeness (QED) is 0.450. The maximum atomic E-state index is 11.5. The Kier molecular flexibility index (Phi) is 6.26. The van der Waals surface area contributed by atoms with Gasteiger partial charge in [0.1, 0.15) is 11.8 Å². The minimum absolute atomic E-state index is 0.223. The first-order valence-corrected chi connectivity index (χ1v) is 13.1. The minimum atomic E-state index is -0.467. The van der Waals surface area contributed by atoms with E-state index in [9.17, 15) is 4.79 Å². The summed E-state index contributed by atoms with van der Waals surface area (Å²) in [6.45, 7) is 1.05. The Morgan fingerprint density at radius 1 is 1.08 bits per heavy atom. The van der Waals surface area contributed by atoms with Crippen LogP contribution in [-0.2, 0) is 0 Å². The standard InChI is InChI=1S/C28H31N7O2/c29-13-20-8-9-21(14-31-20)35-16-17-10-24(25(35)11-17)33-22-6-1-2-7-23(22)34-28-32-15-26(37-28)18-4-3-5-19(12-18)27(30)36/h3-5,8-9,12,14-15,17,22-25,33H,1-2,6-7,10-11,16H2,(H2,30,36)(H,32,34)/t17-,22-,23-,24+,25-/m1/s1. The average molecular weight is 498 g/mol. The van der Waals surface area contributed by atoms with Crippen LogP contribution in [0.5, 0.6) is 0 Å². The zero-order valence-electron chi connectivity index (χ0n) is 20.6. The van der Waals surface area contributed by atoms with Crippen LogP contribution in [0.2, 0.25) is 0 Å². The number of nitriles is 1. The molecule has 2 aromatic heterocycles. The van der Waals surface area contributed by atoms with Crippen molar-refractivity contribution in [3.05, 3.63) is 60.0 Å². The second-order valence-electron chi connectivity index (χ2n) is 10.5. The number of nitrogens with one attached hydrogen (secondary N) is 2. The van der Waals surface area contributed by atoms with Gasteiger partial charge >= 0.3 is 0 Å². The molecular formula is C28H31N7O2. The Labute approximate surface area is 216 Å². The van der Waals surface area contributed by atoms with Crippen LogP contribution in [0.4, 0.5) is 11.7 Å². The number of piperidine rings is 1. The Bertz CT molecular complexity index is 1310. The molecule has 190 valence electrons. The smallest absolute Gasteiger partial charge is 0.295 e. The molecule has 9 nitrogen and oxygen atoms in total. The van der Waals surface area contributed by atoms with Gasteiger partial charge in [-0.05, 0) is 55.9 Å². The number of oxazole rings is 1. The van der Waals surface area contributed by atoms with E-state index in [0.717, 1.165) is 30.6 Å². The van der Waals surface area contributed by atoms with Crippen molar-refractivity contribution in [3.8, 4) is 17.4 Å². The van der Waals surface area contributed by atoms with Gasteiger partial charge in [-0.1, -0.05) is 25.0 Å². The van der Waals surface area contributed by atoms with Crippen LogP contribution in [0.15, 0.2) is 53.2 Å². The number of rotatable bonds is 7. The minimum Gasteiger partial charge on any atom is -0.424 e. The SMILES string of the molecule is N#Cc1ccc(N2C[C@@H]3C[C@H](N[C@@H]4CCCC[C@H]4Nc4ncc(-c5cccc(C(N)=O)c5)o4)[C@H]2C3)cn1. The first-order valence-electron chi connectivity index (χ1n) is 13.1. The molecule has 0 spiro atoms. The van der Waals surface area contributed by atoms with Crippen LogP contribution in [-0.4, -0.2) is 46.6 Å². The van der Waals surface area contributed by atoms with E-state index in [0.29, 0.717) is 47.1 Å². The third kappa shape index (κ3) is 4.77. The van der Waals surface area contributed by atoms with Gasteiger partial charge in [0.25, 0.3) is 6.01 Å². The van der Waals surface area contributed by atoms with Gasteiger partial charge < -0.3 is 25.7 Å². The lowest BCUT2D eigenvalue weighted by atomic mass is 9.89. The molecule has 2 aliphatic carbocycles. The molecular weight excluding hydrogens is 466 g/mol. The summed E-state index contributed by atoms with van der Waals surface area (Å²) in [6, 6.07) is 14.9. The van der Waals surface area contributed by atoms with Gasteiger partial charge in [0, 0.05) is 41.8 Å². The molecule has 1 amide bonds. The van der Waals surface area contributed by atoms with Crippen molar-refractivity contribution in [3.63, 3.8) is 0 Å². The van der Waals surface area contributed by atoms with Crippen molar-refractivity contribution in [2.75, 3.05) is 16.8 Å². The maximum Gasteiger partial charge on any atom is 0.295 e. The van der Waals surface area contributed by atoms with E-state index in [-0.39, 0.29) is 6.04 Å². The molecule has 6 rings (SSSR count). The van der Waals surface area contributed by atoms with Gasteiger partial charge in [-0.15, -0.1) is 0 Å². The molecule has 3 aromatic rings. The molecule has 2 bridgehead atoms. The van der Waals surface area contributed by atoms with Crippen molar-refractivity contribution in [1.29, 1.82) is 5.26 Å². The second-order valence-corrected chi connectivity index (χ2v) is 10.5. The first-order chi connectivity index (χ1) is 18.1. The highest BCUT2D eigenvalue weighted by Gasteiger charge is 2.46. The molecule has 5 atom stereocenters. The summed E-state index contributed by atoms with van der Waals surface area (Å²) in [5.74, 6) is 0.815. The second kappa shape index (κ2) is 9.87. The van der Waals surface area contributed by atoms with E-state index >= 15 is 0 Å². The molecule has 1 aromatic carbocycles. The molecule has 0 unspecified atom stereocenters. The summed E-state index contributed by atoms with van der Waals surface area (Å²) in [7, 11) is 0. The van der Waals surface area contributed by atoms with E-state index < -0.39 is 5.91 Å². The molecule has 3 aliphatic rings. The van der Waals surface area contributed by atoms with Gasteiger partial charge in [0.2, 0.25) is 5.91 Å². The number of anilines is 2. The lowest BCUT2D eigenvalue weighted by molar-refractivity contribution is 0.100. The summed E-state index contributed by atoms with van der Waals surface area (Å²) < 4.78 is 6.03. The third-order valence-electron chi connectivity index (χ3n) is 8.12. The van der Waals surface area contributed by atoms with Crippen molar-refractivity contribution < 1.29 is 9.21 Å². The van der Waals surface area contributed by atoms with Crippen molar-refractivity contribution in [2.24, 2.45) is 11.7 Å². The molecule has 3 fully saturated rings. The average Bonchev–Trinajstić information content (AvgIpc) is 3.66. The zero-order valence-corrected chi connectivity index (χ0v) is 20.6. The zero-order chi connectivity index (χ0) is 25.4. The topological polar surface area (TPSA) is 133 Å². The highest BCUT2D eigenvalue weighted by Crippen LogP contribution is 2.41. The number of amides is 1. The van der Waals surface area contributed by atoms with Gasteiger partial charge in [-0.3, -0.25) is 4.79 Å². The Hall–Kier alpha value is -3.90.